The van der Waals surface area contributed by atoms with Gasteiger partial charge in [0.05, 0.1) is 11.0 Å². The van der Waals surface area contributed by atoms with Gasteiger partial charge in [0.15, 0.2) is 17.5 Å². The maximum atomic E-state index is 5.05. The first-order valence-corrected chi connectivity index (χ1v) is 17.2. The lowest BCUT2D eigenvalue weighted by atomic mass is 10.0. The lowest BCUT2D eigenvalue weighted by Crippen LogP contribution is -2.00. The highest BCUT2D eigenvalue weighted by molar-refractivity contribution is 6.18. The van der Waals surface area contributed by atoms with Gasteiger partial charge in [-0.1, -0.05) is 152 Å². The van der Waals surface area contributed by atoms with Gasteiger partial charge in [0.2, 0.25) is 0 Å². The Morgan fingerprint density at radius 1 is 0.314 bits per heavy atom. The van der Waals surface area contributed by atoms with E-state index in [2.05, 4.69) is 156 Å². The molecule has 0 atom stereocenters. The molecule has 10 rings (SSSR count). The van der Waals surface area contributed by atoms with Crippen molar-refractivity contribution in [3.63, 3.8) is 0 Å². The normalized spacial score (nSPS) is 11.5. The molecule has 0 saturated heterocycles. The van der Waals surface area contributed by atoms with E-state index in [0.717, 1.165) is 38.9 Å². The molecular weight excluding hydrogens is 621 g/mol. The molecule has 0 unspecified atom stereocenters. The fourth-order valence-corrected chi connectivity index (χ4v) is 7.32. The summed E-state index contributed by atoms with van der Waals surface area (Å²) in [6, 6.07) is 64.0. The van der Waals surface area contributed by atoms with Crippen molar-refractivity contribution in [2.45, 2.75) is 0 Å². The molecule has 0 amide bonds. The molecule has 8 aromatic carbocycles. The Labute approximate surface area is 295 Å². The van der Waals surface area contributed by atoms with Crippen molar-refractivity contribution in [3.05, 3.63) is 182 Å². The first-order chi connectivity index (χ1) is 25.3. The van der Waals surface area contributed by atoms with Crippen molar-refractivity contribution >= 4 is 43.4 Å². The smallest absolute Gasteiger partial charge is 0.164 e. The molecular formula is C47H30N4. The summed E-state index contributed by atoms with van der Waals surface area (Å²) in [5.74, 6) is 1.94. The molecule has 4 nitrogen and oxygen atoms in total. The van der Waals surface area contributed by atoms with Crippen molar-refractivity contribution in [1.29, 1.82) is 0 Å². The standard InChI is InChI=1S/C47H30N4/c1-2-13-34(14-3-1)45-48-46(50-47(49-45)38-22-21-31-11-4-5-15-35(31)30-38)37-17-10-16-36(29-37)32-23-26-39(27-24-32)51-43-20-9-8-19-41(43)42-28-25-33-12-6-7-18-40(33)44(42)51/h1-30H. The molecule has 238 valence electrons. The Morgan fingerprint density at radius 2 is 0.882 bits per heavy atom. The van der Waals surface area contributed by atoms with E-state index in [0.29, 0.717) is 17.5 Å². The predicted octanol–water partition coefficient (Wildman–Crippen LogP) is 11.9. The van der Waals surface area contributed by atoms with Crippen LogP contribution in [-0.2, 0) is 0 Å². The highest BCUT2D eigenvalue weighted by Crippen LogP contribution is 2.37. The summed E-state index contributed by atoms with van der Waals surface area (Å²) in [6.07, 6.45) is 0. The minimum Gasteiger partial charge on any atom is -0.309 e. The number of para-hydroxylation sites is 1. The molecule has 0 aliphatic heterocycles. The second kappa shape index (κ2) is 11.9. The molecule has 0 aliphatic rings. The third-order valence-electron chi connectivity index (χ3n) is 9.81. The largest absolute Gasteiger partial charge is 0.309 e. The Kier molecular flexibility index (Phi) is 6.78. The van der Waals surface area contributed by atoms with E-state index in [1.54, 1.807) is 0 Å². The van der Waals surface area contributed by atoms with Crippen LogP contribution in [-0.4, -0.2) is 19.5 Å². The van der Waals surface area contributed by atoms with Crippen LogP contribution in [0.2, 0.25) is 0 Å². The number of nitrogens with zero attached hydrogens (tertiary/aromatic N) is 4. The third kappa shape index (κ3) is 5.04. The zero-order chi connectivity index (χ0) is 33.7. The molecule has 10 aromatic rings. The van der Waals surface area contributed by atoms with Gasteiger partial charge in [0.1, 0.15) is 0 Å². The van der Waals surface area contributed by atoms with Crippen molar-refractivity contribution in [2.24, 2.45) is 0 Å². The van der Waals surface area contributed by atoms with Crippen molar-refractivity contribution in [2.75, 3.05) is 0 Å². The third-order valence-corrected chi connectivity index (χ3v) is 9.81. The van der Waals surface area contributed by atoms with Gasteiger partial charge in [-0.15, -0.1) is 0 Å². The maximum absolute atomic E-state index is 5.05. The van der Waals surface area contributed by atoms with E-state index in [-0.39, 0.29) is 0 Å². The lowest BCUT2D eigenvalue weighted by molar-refractivity contribution is 1.07. The predicted molar refractivity (Wildman–Crippen MR) is 211 cm³/mol. The van der Waals surface area contributed by atoms with E-state index >= 15 is 0 Å². The molecule has 0 radical (unpaired) electrons. The summed E-state index contributed by atoms with van der Waals surface area (Å²) in [6.45, 7) is 0. The Balaban J connectivity index is 1.07. The van der Waals surface area contributed by atoms with Gasteiger partial charge in [-0.3, -0.25) is 0 Å². The highest BCUT2D eigenvalue weighted by atomic mass is 15.0. The van der Waals surface area contributed by atoms with Crippen LogP contribution in [0.25, 0.3) is 94.3 Å². The minimum absolute atomic E-state index is 0.641. The number of hydrogen-bond acceptors (Lipinski definition) is 3. The number of fused-ring (bicyclic) bond motifs is 6. The molecule has 2 aromatic heterocycles. The van der Waals surface area contributed by atoms with Crippen LogP contribution < -0.4 is 0 Å². The van der Waals surface area contributed by atoms with Crippen LogP contribution in [0.15, 0.2) is 182 Å². The SMILES string of the molecule is c1ccc(-c2nc(-c3cccc(-c4ccc(-n5c6ccccc6c6ccc7ccccc7c65)cc4)c3)nc(-c3ccc4ccccc4c3)n2)cc1. The van der Waals surface area contributed by atoms with E-state index in [9.17, 15) is 0 Å². The van der Waals surface area contributed by atoms with Crippen LogP contribution in [0.3, 0.4) is 0 Å². The second-order valence-electron chi connectivity index (χ2n) is 12.9. The first kappa shape index (κ1) is 29.0. The molecule has 4 heteroatoms. The highest BCUT2D eigenvalue weighted by Gasteiger charge is 2.16. The van der Waals surface area contributed by atoms with Gasteiger partial charge in [0, 0.05) is 38.5 Å². The van der Waals surface area contributed by atoms with Crippen LogP contribution in [0.1, 0.15) is 0 Å². The molecule has 0 fully saturated rings. The molecule has 51 heavy (non-hydrogen) atoms. The van der Waals surface area contributed by atoms with E-state index in [4.69, 9.17) is 15.0 Å². The van der Waals surface area contributed by atoms with Gasteiger partial charge in [-0.25, -0.2) is 15.0 Å². The van der Waals surface area contributed by atoms with Crippen molar-refractivity contribution < 1.29 is 0 Å². The topological polar surface area (TPSA) is 43.6 Å². The van der Waals surface area contributed by atoms with Crippen LogP contribution in [0.4, 0.5) is 0 Å². The Bertz CT molecular complexity index is 2910. The van der Waals surface area contributed by atoms with Gasteiger partial charge < -0.3 is 4.57 Å². The molecule has 0 saturated carbocycles. The van der Waals surface area contributed by atoms with Crippen LogP contribution in [0.5, 0.6) is 0 Å². The van der Waals surface area contributed by atoms with E-state index in [1.807, 2.05) is 30.3 Å². The molecule has 0 bridgehead atoms. The number of aromatic nitrogens is 4. The number of benzene rings is 8. The second-order valence-corrected chi connectivity index (χ2v) is 12.9. The van der Waals surface area contributed by atoms with Crippen LogP contribution in [0, 0.1) is 0 Å². The zero-order valence-electron chi connectivity index (χ0n) is 27.6. The van der Waals surface area contributed by atoms with Crippen molar-refractivity contribution in [3.8, 4) is 51.0 Å². The minimum atomic E-state index is 0.641. The summed E-state index contributed by atoms with van der Waals surface area (Å²) in [4.78, 5) is 15.0. The summed E-state index contributed by atoms with van der Waals surface area (Å²) in [7, 11) is 0. The fourth-order valence-electron chi connectivity index (χ4n) is 7.32. The molecule has 0 aliphatic carbocycles. The Hall–Kier alpha value is -6.91. The first-order valence-electron chi connectivity index (χ1n) is 17.2. The summed E-state index contributed by atoms with van der Waals surface area (Å²) in [5.41, 5.74) is 8.63. The van der Waals surface area contributed by atoms with Gasteiger partial charge >= 0.3 is 0 Å². The molecule has 0 N–H and O–H groups in total. The van der Waals surface area contributed by atoms with Crippen molar-refractivity contribution in [1.82, 2.24) is 19.5 Å². The lowest BCUT2D eigenvalue weighted by Gasteiger charge is -2.12. The molecule has 0 spiro atoms. The average Bonchev–Trinajstić information content (AvgIpc) is 3.56. The number of hydrogen-bond donors (Lipinski definition) is 0. The summed E-state index contributed by atoms with van der Waals surface area (Å²) < 4.78 is 2.40. The zero-order valence-corrected chi connectivity index (χ0v) is 27.6. The monoisotopic (exact) mass is 650 g/mol. The average molecular weight is 651 g/mol. The summed E-state index contributed by atoms with van der Waals surface area (Å²) >= 11 is 0. The number of rotatable bonds is 5. The van der Waals surface area contributed by atoms with Gasteiger partial charge in [0.25, 0.3) is 0 Å². The van der Waals surface area contributed by atoms with E-state index < -0.39 is 0 Å². The van der Waals surface area contributed by atoms with Gasteiger partial charge in [-0.05, 0) is 57.6 Å². The van der Waals surface area contributed by atoms with E-state index in [1.165, 1.54) is 38.0 Å². The maximum Gasteiger partial charge on any atom is 0.164 e. The fraction of sp³-hybridized carbons (Fsp3) is 0. The van der Waals surface area contributed by atoms with Crippen LogP contribution >= 0.6 is 0 Å². The molecule has 2 heterocycles. The van der Waals surface area contributed by atoms with Gasteiger partial charge in [-0.2, -0.15) is 0 Å². The quantitative estimate of drug-likeness (QED) is 0.186. The summed E-state index contributed by atoms with van der Waals surface area (Å²) in [5, 5.41) is 7.33. The Morgan fingerprint density at radius 3 is 1.69 bits per heavy atom.